The Kier molecular flexibility index (Phi) is 1.86. The Hall–Kier alpha value is -0.370. The minimum Gasteiger partial charge on any atom is -0.341 e. The molecule has 50 valence electrons. The summed E-state index contributed by atoms with van der Waals surface area (Å²) >= 11 is 4.25. The number of nitrogens with zero attached hydrogens (tertiary/aromatic N) is 1. The van der Waals surface area contributed by atoms with E-state index in [0.717, 1.165) is 5.03 Å². The molecule has 1 heterocycles. The van der Waals surface area contributed by atoms with Gasteiger partial charge in [-0.3, -0.25) is 0 Å². The standard InChI is InChI=1S/C7H11NS/c1-6(2)8-5-3-4-7(8)9/h3-6,9H,1-2H3. The van der Waals surface area contributed by atoms with Gasteiger partial charge in [0, 0.05) is 12.2 Å². The molecule has 0 radical (unpaired) electrons. The topological polar surface area (TPSA) is 4.93 Å². The van der Waals surface area contributed by atoms with E-state index in [4.69, 9.17) is 0 Å². The number of thiol groups is 1. The van der Waals surface area contributed by atoms with Gasteiger partial charge in [-0.15, -0.1) is 12.6 Å². The van der Waals surface area contributed by atoms with Gasteiger partial charge >= 0.3 is 0 Å². The van der Waals surface area contributed by atoms with Crippen molar-refractivity contribution in [3.8, 4) is 0 Å². The molecule has 0 fully saturated rings. The molecular formula is C7H11NS. The van der Waals surface area contributed by atoms with Crippen LogP contribution in [0.1, 0.15) is 19.9 Å². The Morgan fingerprint density at radius 3 is 2.44 bits per heavy atom. The monoisotopic (exact) mass is 141 g/mol. The predicted molar refractivity (Wildman–Crippen MR) is 42.1 cm³/mol. The summed E-state index contributed by atoms with van der Waals surface area (Å²) in [6.07, 6.45) is 2.03. The second kappa shape index (κ2) is 2.48. The Morgan fingerprint density at radius 1 is 1.56 bits per heavy atom. The van der Waals surface area contributed by atoms with Crippen LogP contribution >= 0.6 is 12.6 Å². The second-order valence-electron chi connectivity index (χ2n) is 2.37. The molecule has 0 bridgehead atoms. The van der Waals surface area contributed by atoms with Crippen LogP contribution in [0.4, 0.5) is 0 Å². The van der Waals surface area contributed by atoms with Gasteiger partial charge in [0.25, 0.3) is 0 Å². The molecule has 1 rings (SSSR count). The highest BCUT2D eigenvalue weighted by atomic mass is 32.1. The Morgan fingerprint density at radius 2 is 2.22 bits per heavy atom. The molecule has 0 aromatic carbocycles. The van der Waals surface area contributed by atoms with E-state index in [-0.39, 0.29) is 0 Å². The van der Waals surface area contributed by atoms with Crippen LogP contribution in [0.25, 0.3) is 0 Å². The second-order valence-corrected chi connectivity index (χ2v) is 2.83. The molecule has 1 aromatic heterocycles. The summed E-state index contributed by atoms with van der Waals surface area (Å²) in [5.41, 5.74) is 0. The highest BCUT2D eigenvalue weighted by molar-refractivity contribution is 7.80. The van der Waals surface area contributed by atoms with Crippen molar-refractivity contribution in [1.82, 2.24) is 4.57 Å². The van der Waals surface area contributed by atoms with E-state index in [1.807, 2.05) is 18.3 Å². The summed E-state index contributed by atoms with van der Waals surface area (Å²) in [6, 6.07) is 4.51. The van der Waals surface area contributed by atoms with Crippen LogP contribution in [0, 0.1) is 0 Å². The van der Waals surface area contributed by atoms with E-state index >= 15 is 0 Å². The van der Waals surface area contributed by atoms with E-state index in [2.05, 4.69) is 31.0 Å². The molecule has 0 spiro atoms. The Bertz CT molecular complexity index is 191. The lowest BCUT2D eigenvalue weighted by Gasteiger charge is -2.07. The lowest BCUT2D eigenvalue weighted by Crippen LogP contribution is -1.97. The maximum atomic E-state index is 4.25. The van der Waals surface area contributed by atoms with Crippen molar-refractivity contribution in [2.24, 2.45) is 0 Å². The fourth-order valence-electron chi connectivity index (χ4n) is 0.821. The van der Waals surface area contributed by atoms with Gasteiger partial charge in [0.1, 0.15) is 0 Å². The van der Waals surface area contributed by atoms with Gasteiger partial charge in [0.15, 0.2) is 0 Å². The zero-order valence-electron chi connectivity index (χ0n) is 5.70. The lowest BCUT2D eigenvalue weighted by atomic mass is 10.4. The van der Waals surface area contributed by atoms with Gasteiger partial charge in [-0.1, -0.05) is 0 Å². The molecule has 0 aliphatic carbocycles. The molecule has 0 atom stereocenters. The molecule has 0 aliphatic heterocycles. The van der Waals surface area contributed by atoms with Crippen molar-refractivity contribution in [2.45, 2.75) is 24.9 Å². The van der Waals surface area contributed by atoms with E-state index in [1.165, 1.54) is 0 Å². The molecule has 9 heavy (non-hydrogen) atoms. The van der Waals surface area contributed by atoms with E-state index in [1.54, 1.807) is 0 Å². The highest BCUT2D eigenvalue weighted by Gasteiger charge is 1.97. The van der Waals surface area contributed by atoms with Crippen LogP contribution in [0.3, 0.4) is 0 Å². The Balaban J connectivity index is 2.94. The number of hydrogen-bond donors (Lipinski definition) is 1. The summed E-state index contributed by atoms with van der Waals surface area (Å²) < 4.78 is 2.11. The van der Waals surface area contributed by atoms with Crippen LogP contribution in [-0.2, 0) is 0 Å². The molecule has 2 heteroatoms. The van der Waals surface area contributed by atoms with Gasteiger partial charge < -0.3 is 4.57 Å². The third-order valence-corrected chi connectivity index (χ3v) is 1.69. The molecule has 0 N–H and O–H groups in total. The summed E-state index contributed by atoms with van der Waals surface area (Å²) in [5.74, 6) is 0. The van der Waals surface area contributed by atoms with Crippen molar-refractivity contribution >= 4 is 12.6 Å². The van der Waals surface area contributed by atoms with Crippen molar-refractivity contribution in [3.05, 3.63) is 18.3 Å². The fourth-order valence-corrected chi connectivity index (χ4v) is 1.20. The van der Waals surface area contributed by atoms with Crippen LogP contribution in [-0.4, -0.2) is 4.57 Å². The first-order valence-electron chi connectivity index (χ1n) is 3.07. The third-order valence-electron chi connectivity index (χ3n) is 1.31. The van der Waals surface area contributed by atoms with Crippen molar-refractivity contribution in [1.29, 1.82) is 0 Å². The van der Waals surface area contributed by atoms with E-state index < -0.39 is 0 Å². The largest absolute Gasteiger partial charge is 0.341 e. The average Bonchev–Trinajstić information content (AvgIpc) is 2.13. The first-order chi connectivity index (χ1) is 4.22. The first kappa shape index (κ1) is 6.75. The summed E-state index contributed by atoms with van der Waals surface area (Å²) in [6.45, 7) is 4.28. The first-order valence-corrected chi connectivity index (χ1v) is 3.52. The van der Waals surface area contributed by atoms with Crippen LogP contribution in [0.15, 0.2) is 23.4 Å². The molecule has 1 nitrogen and oxygen atoms in total. The van der Waals surface area contributed by atoms with Gasteiger partial charge in [0.05, 0.1) is 5.03 Å². The molecule has 0 saturated heterocycles. The van der Waals surface area contributed by atoms with E-state index in [9.17, 15) is 0 Å². The maximum Gasteiger partial charge on any atom is 0.0719 e. The number of aromatic nitrogens is 1. The van der Waals surface area contributed by atoms with Crippen LogP contribution in [0.2, 0.25) is 0 Å². The van der Waals surface area contributed by atoms with Gasteiger partial charge in [-0.05, 0) is 26.0 Å². The minimum absolute atomic E-state index is 0.521. The maximum absolute atomic E-state index is 4.25. The quantitative estimate of drug-likeness (QED) is 0.573. The van der Waals surface area contributed by atoms with Gasteiger partial charge in [-0.2, -0.15) is 0 Å². The van der Waals surface area contributed by atoms with Crippen molar-refractivity contribution < 1.29 is 0 Å². The molecule has 0 saturated carbocycles. The van der Waals surface area contributed by atoms with Crippen molar-refractivity contribution in [3.63, 3.8) is 0 Å². The average molecular weight is 141 g/mol. The summed E-state index contributed by atoms with van der Waals surface area (Å²) in [4.78, 5) is 0. The molecular weight excluding hydrogens is 130 g/mol. The lowest BCUT2D eigenvalue weighted by molar-refractivity contribution is 0.562. The minimum atomic E-state index is 0.521. The number of rotatable bonds is 1. The van der Waals surface area contributed by atoms with Crippen LogP contribution < -0.4 is 0 Å². The molecule has 0 unspecified atom stereocenters. The summed E-state index contributed by atoms with van der Waals surface area (Å²) in [5, 5.41) is 1.03. The molecule has 0 amide bonds. The fraction of sp³-hybridized carbons (Fsp3) is 0.429. The Labute approximate surface area is 61.1 Å². The highest BCUT2D eigenvalue weighted by Crippen LogP contribution is 2.12. The van der Waals surface area contributed by atoms with Crippen molar-refractivity contribution in [2.75, 3.05) is 0 Å². The predicted octanol–water partition coefficient (Wildman–Crippen LogP) is 2.36. The van der Waals surface area contributed by atoms with Gasteiger partial charge in [0.2, 0.25) is 0 Å². The zero-order chi connectivity index (χ0) is 6.85. The third kappa shape index (κ3) is 1.30. The van der Waals surface area contributed by atoms with Crippen LogP contribution in [0.5, 0.6) is 0 Å². The van der Waals surface area contributed by atoms with Gasteiger partial charge in [-0.25, -0.2) is 0 Å². The molecule has 0 aliphatic rings. The SMILES string of the molecule is CC(C)n1cccc1S. The van der Waals surface area contributed by atoms with E-state index in [0.29, 0.717) is 6.04 Å². The number of hydrogen-bond acceptors (Lipinski definition) is 1. The normalized spacial score (nSPS) is 10.7. The smallest absolute Gasteiger partial charge is 0.0719 e. The molecule has 1 aromatic rings. The summed E-state index contributed by atoms with van der Waals surface area (Å²) in [7, 11) is 0. The zero-order valence-corrected chi connectivity index (χ0v) is 6.60.